The summed E-state index contributed by atoms with van der Waals surface area (Å²) in [5.41, 5.74) is 3.51. The predicted molar refractivity (Wildman–Crippen MR) is 99.9 cm³/mol. The van der Waals surface area contributed by atoms with Crippen LogP contribution in [0, 0.1) is 0 Å². The number of rotatable bonds is 8. The molecule has 0 aliphatic heterocycles. The third-order valence-corrected chi connectivity index (χ3v) is 4.21. The number of benzene rings is 1. The largest absolute Gasteiger partial charge is 0.497 e. The Bertz CT molecular complexity index is 833. The third-order valence-electron chi connectivity index (χ3n) is 4.21. The summed E-state index contributed by atoms with van der Waals surface area (Å²) in [4.78, 5) is 6.46. The fourth-order valence-corrected chi connectivity index (χ4v) is 2.95. The fraction of sp³-hybridized carbons (Fsp3) is 0.300. The van der Waals surface area contributed by atoms with Crippen molar-refractivity contribution in [3.8, 4) is 11.5 Å². The lowest BCUT2D eigenvalue weighted by Crippen LogP contribution is -2.22. The number of ether oxygens (including phenoxy) is 2. The van der Waals surface area contributed by atoms with E-state index in [-0.39, 0.29) is 0 Å². The van der Waals surface area contributed by atoms with Gasteiger partial charge >= 0.3 is 0 Å². The van der Waals surface area contributed by atoms with Crippen LogP contribution < -0.4 is 9.47 Å². The molecule has 1 aromatic carbocycles. The first-order valence-electron chi connectivity index (χ1n) is 8.47. The lowest BCUT2D eigenvalue weighted by molar-refractivity contribution is 0.243. The number of aryl methyl sites for hydroxylation is 1. The highest BCUT2D eigenvalue weighted by Gasteiger charge is 2.13. The van der Waals surface area contributed by atoms with Crippen LogP contribution in [0.5, 0.6) is 11.5 Å². The van der Waals surface area contributed by atoms with Crippen LogP contribution in [0.2, 0.25) is 0 Å². The van der Waals surface area contributed by atoms with Gasteiger partial charge in [-0.05, 0) is 23.8 Å². The van der Waals surface area contributed by atoms with Gasteiger partial charge in [0.05, 0.1) is 20.4 Å². The Hall–Kier alpha value is -2.86. The standard InChI is InChI=1S/C20H24N4O2/c1-23-12-17(11-22-23)14-24(13-16-6-8-21-9-7-16)15-18-4-5-19(25-2)10-20(18)26-3/h4-12H,13-15H2,1-3H3. The van der Waals surface area contributed by atoms with Gasteiger partial charge in [0.2, 0.25) is 0 Å². The minimum atomic E-state index is 0.754. The van der Waals surface area contributed by atoms with Crippen molar-refractivity contribution in [1.82, 2.24) is 19.7 Å². The molecule has 0 radical (unpaired) electrons. The van der Waals surface area contributed by atoms with Gasteiger partial charge in [-0.1, -0.05) is 6.07 Å². The van der Waals surface area contributed by atoms with Gasteiger partial charge in [0.15, 0.2) is 0 Å². The van der Waals surface area contributed by atoms with Crippen LogP contribution in [0.3, 0.4) is 0 Å². The maximum Gasteiger partial charge on any atom is 0.127 e. The molecule has 0 bridgehead atoms. The molecule has 6 nitrogen and oxygen atoms in total. The van der Waals surface area contributed by atoms with Crippen LogP contribution in [-0.4, -0.2) is 33.9 Å². The summed E-state index contributed by atoms with van der Waals surface area (Å²) in [6, 6.07) is 10.0. The summed E-state index contributed by atoms with van der Waals surface area (Å²) in [5, 5.41) is 4.28. The third kappa shape index (κ3) is 4.61. The molecule has 0 aliphatic rings. The molecular weight excluding hydrogens is 328 g/mol. The smallest absolute Gasteiger partial charge is 0.127 e. The van der Waals surface area contributed by atoms with Gasteiger partial charge in [-0.25, -0.2) is 0 Å². The first-order chi connectivity index (χ1) is 12.7. The van der Waals surface area contributed by atoms with Crippen molar-refractivity contribution in [3.63, 3.8) is 0 Å². The SMILES string of the molecule is COc1ccc(CN(Cc2ccncc2)Cc2cnn(C)c2)c(OC)c1. The molecule has 0 unspecified atom stereocenters. The molecule has 136 valence electrons. The van der Waals surface area contributed by atoms with Crippen molar-refractivity contribution >= 4 is 0 Å². The Kier molecular flexibility index (Phi) is 5.86. The molecule has 2 heterocycles. The van der Waals surface area contributed by atoms with Crippen molar-refractivity contribution in [1.29, 1.82) is 0 Å². The quantitative estimate of drug-likeness (QED) is 0.624. The van der Waals surface area contributed by atoms with Crippen molar-refractivity contribution in [2.45, 2.75) is 19.6 Å². The molecule has 0 saturated carbocycles. The van der Waals surface area contributed by atoms with Crippen LogP contribution in [0.15, 0.2) is 55.1 Å². The highest BCUT2D eigenvalue weighted by Crippen LogP contribution is 2.26. The van der Waals surface area contributed by atoms with E-state index in [1.807, 2.05) is 60.8 Å². The van der Waals surface area contributed by atoms with Crippen molar-refractivity contribution in [2.75, 3.05) is 14.2 Å². The fourth-order valence-electron chi connectivity index (χ4n) is 2.95. The minimum absolute atomic E-state index is 0.754. The summed E-state index contributed by atoms with van der Waals surface area (Å²) in [7, 11) is 5.28. The number of aromatic nitrogens is 3. The second-order valence-corrected chi connectivity index (χ2v) is 6.20. The van der Waals surface area contributed by atoms with E-state index in [1.165, 1.54) is 11.1 Å². The van der Waals surface area contributed by atoms with Crippen molar-refractivity contribution in [2.24, 2.45) is 7.05 Å². The average Bonchev–Trinajstić information content (AvgIpc) is 3.07. The number of nitrogens with zero attached hydrogens (tertiary/aromatic N) is 4. The number of pyridine rings is 1. The highest BCUT2D eigenvalue weighted by molar-refractivity contribution is 5.40. The second kappa shape index (κ2) is 8.49. The molecule has 26 heavy (non-hydrogen) atoms. The Morgan fingerprint density at radius 2 is 1.73 bits per heavy atom. The highest BCUT2D eigenvalue weighted by atomic mass is 16.5. The average molecular weight is 352 g/mol. The molecule has 0 fully saturated rings. The van der Waals surface area contributed by atoms with Gasteiger partial charge in [-0.15, -0.1) is 0 Å². The van der Waals surface area contributed by atoms with E-state index in [0.717, 1.165) is 36.7 Å². The summed E-state index contributed by atoms with van der Waals surface area (Å²) in [5.74, 6) is 1.62. The lowest BCUT2D eigenvalue weighted by Gasteiger charge is -2.23. The second-order valence-electron chi connectivity index (χ2n) is 6.20. The van der Waals surface area contributed by atoms with E-state index < -0.39 is 0 Å². The van der Waals surface area contributed by atoms with Crippen LogP contribution in [0.4, 0.5) is 0 Å². The van der Waals surface area contributed by atoms with Crippen LogP contribution >= 0.6 is 0 Å². The Labute approximate surface area is 154 Å². The van der Waals surface area contributed by atoms with Crippen molar-refractivity contribution in [3.05, 3.63) is 71.8 Å². The van der Waals surface area contributed by atoms with E-state index >= 15 is 0 Å². The molecule has 6 heteroatoms. The topological polar surface area (TPSA) is 52.4 Å². The molecule has 0 atom stereocenters. The molecule has 0 spiro atoms. The summed E-state index contributed by atoms with van der Waals surface area (Å²) in [6.45, 7) is 2.36. The van der Waals surface area contributed by atoms with E-state index in [1.54, 1.807) is 14.2 Å². The van der Waals surface area contributed by atoms with Crippen LogP contribution in [0.25, 0.3) is 0 Å². The normalized spacial score (nSPS) is 10.9. The zero-order chi connectivity index (χ0) is 18.4. The van der Waals surface area contributed by atoms with Gasteiger partial charge in [0.1, 0.15) is 11.5 Å². The van der Waals surface area contributed by atoms with E-state index in [9.17, 15) is 0 Å². The molecule has 0 saturated heterocycles. The Morgan fingerprint density at radius 1 is 0.962 bits per heavy atom. The number of hydrogen-bond acceptors (Lipinski definition) is 5. The molecule has 0 amide bonds. The van der Waals surface area contributed by atoms with Crippen LogP contribution in [0.1, 0.15) is 16.7 Å². The summed E-state index contributed by atoms with van der Waals surface area (Å²) in [6.07, 6.45) is 7.60. The zero-order valence-electron chi connectivity index (χ0n) is 15.4. The maximum absolute atomic E-state index is 5.56. The maximum atomic E-state index is 5.56. The molecule has 0 aliphatic carbocycles. The monoisotopic (exact) mass is 352 g/mol. The predicted octanol–water partition coefficient (Wildman–Crippen LogP) is 3.03. The van der Waals surface area contributed by atoms with Gasteiger partial charge in [0.25, 0.3) is 0 Å². The van der Waals surface area contributed by atoms with Gasteiger partial charge < -0.3 is 9.47 Å². The lowest BCUT2D eigenvalue weighted by atomic mass is 10.1. The number of methoxy groups -OCH3 is 2. The van der Waals surface area contributed by atoms with Crippen LogP contribution in [-0.2, 0) is 26.7 Å². The van der Waals surface area contributed by atoms with E-state index in [0.29, 0.717) is 0 Å². The molecule has 3 rings (SSSR count). The van der Waals surface area contributed by atoms with Crippen molar-refractivity contribution < 1.29 is 9.47 Å². The summed E-state index contributed by atoms with van der Waals surface area (Å²) < 4.78 is 12.7. The first-order valence-corrected chi connectivity index (χ1v) is 8.47. The Balaban J connectivity index is 1.82. The molecular formula is C20H24N4O2. The van der Waals surface area contributed by atoms with Gasteiger partial charge in [-0.2, -0.15) is 5.10 Å². The minimum Gasteiger partial charge on any atom is -0.497 e. The zero-order valence-corrected chi connectivity index (χ0v) is 15.4. The first kappa shape index (κ1) is 17.9. The Morgan fingerprint density at radius 3 is 2.38 bits per heavy atom. The van der Waals surface area contributed by atoms with E-state index in [2.05, 4.69) is 21.0 Å². The molecule has 2 aromatic heterocycles. The van der Waals surface area contributed by atoms with E-state index in [4.69, 9.17) is 9.47 Å². The van der Waals surface area contributed by atoms with Gasteiger partial charge in [0, 0.05) is 62.5 Å². The summed E-state index contributed by atoms with van der Waals surface area (Å²) >= 11 is 0. The van der Waals surface area contributed by atoms with Gasteiger partial charge in [-0.3, -0.25) is 14.6 Å². The molecule has 0 N–H and O–H groups in total. The number of hydrogen-bond donors (Lipinski definition) is 0. The molecule has 3 aromatic rings.